The van der Waals surface area contributed by atoms with Crippen LogP contribution in [0.4, 0.5) is 0 Å². The standard InChI is InChI=1S/C46H60N2O6Si/c1-10-11-22-36(33-46(7,8)55(52,37-24-14-12-15-25-37)38-26-16-13-17-27-38)23-20-31-47-43(50)42(45(4,5)6)48-41(49)28-19-18-21-34(2)32-35(3)39-29-30-40(53-9)44(51)54-39/h10-18,20-21,24-27,30-32,35-36,39,42,52H,22-23,29,33H2,1-9H3,(H,47,50)(H,48,49)/b11-10-,21-18-,31-20-,34-32+/t35-,36-,39-,42+/m0/s1. The van der Waals surface area contributed by atoms with Crippen LogP contribution in [0.3, 0.4) is 0 Å². The number of hydrogen-bond acceptors (Lipinski definition) is 6. The number of nitrogens with one attached hydrogen (secondary N) is 2. The zero-order chi connectivity index (χ0) is 40.6. The summed E-state index contributed by atoms with van der Waals surface area (Å²) in [6, 6.07) is 19.3. The Bertz CT molecular complexity index is 1770. The number of carbonyl (C=O) groups is 3. The zero-order valence-corrected chi connectivity index (χ0v) is 35.0. The van der Waals surface area contributed by atoms with E-state index in [0.29, 0.717) is 12.8 Å². The Labute approximate surface area is 330 Å². The summed E-state index contributed by atoms with van der Waals surface area (Å²) in [5, 5.41) is 7.22. The van der Waals surface area contributed by atoms with Crippen molar-refractivity contribution in [1.29, 1.82) is 0 Å². The number of amides is 2. The first-order valence-corrected chi connectivity index (χ1v) is 21.0. The molecule has 0 aliphatic carbocycles. The first-order chi connectivity index (χ1) is 26.0. The van der Waals surface area contributed by atoms with E-state index in [1.54, 1.807) is 24.4 Å². The molecule has 8 nitrogen and oxygen atoms in total. The fourth-order valence-electron chi connectivity index (χ4n) is 6.99. The SMILES string of the molecule is C/C=C\C[C@@H](C/C=C\NC(=O)[C@@H](NC(=O)C#C/C=C\C(C)=C\[C@H](C)[C@@H]1CC=C(OC)C(=O)O1)C(C)(C)C)CC(C)(C)[Si](O)(c1ccccc1)c1ccccc1. The lowest BCUT2D eigenvalue weighted by Crippen LogP contribution is -2.65. The van der Waals surface area contributed by atoms with Crippen molar-refractivity contribution in [3.63, 3.8) is 0 Å². The molecule has 0 spiro atoms. The number of ether oxygens (including phenoxy) is 2. The molecule has 3 N–H and O–H groups in total. The Morgan fingerprint density at radius 2 is 1.62 bits per heavy atom. The van der Waals surface area contributed by atoms with Gasteiger partial charge < -0.3 is 24.9 Å². The van der Waals surface area contributed by atoms with E-state index in [2.05, 4.69) is 42.4 Å². The van der Waals surface area contributed by atoms with Gasteiger partial charge in [-0.1, -0.05) is 144 Å². The molecule has 0 unspecified atom stereocenters. The Morgan fingerprint density at radius 3 is 2.16 bits per heavy atom. The van der Waals surface area contributed by atoms with Gasteiger partial charge in [-0.2, -0.15) is 0 Å². The molecule has 55 heavy (non-hydrogen) atoms. The average Bonchev–Trinajstić information content (AvgIpc) is 3.15. The van der Waals surface area contributed by atoms with E-state index in [0.717, 1.165) is 28.8 Å². The first-order valence-electron chi connectivity index (χ1n) is 19.1. The molecule has 0 bridgehead atoms. The summed E-state index contributed by atoms with van der Waals surface area (Å²) < 4.78 is 10.5. The van der Waals surface area contributed by atoms with E-state index in [9.17, 15) is 19.2 Å². The summed E-state index contributed by atoms with van der Waals surface area (Å²) >= 11 is 0. The molecule has 1 aliphatic heterocycles. The monoisotopic (exact) mass is 764 g/mol. The van der Waals surface area contributed by atoms with Crippen LogP contribution >= 0.6 is 0 Å². The quantitative estimate of drug-likeness (QED) is 0.0557. The molecule has 2 aromatic rings. The van der Waals surface area contributed by atoms with Crippen molar-refractivity contribution < 1.29 is 28.7 Å². The van der Waals surface area contributed by atoms with E-state index in [1.165, 1.54) is 7.11 Å². The largest absolute Gasteiger partial charge is 0.490 e. The zero-order valence-electron chi connectivity index (χ0n) is 34.0. The summed E-state index contributed by atoms with van der Waals surface area (Å²) in [7, 11) is -1.74. The second-order valence-corrected chi connectivity index (χ2v) is 19.9. The molecule has 0 fully saturated rings. The van der Waals surface area contributed by atoms with Gasteiger partial charge in [0.15, 0.2) is 5.76 Å². The Hall–Kier alpha value is -4.91. The predicted octanol–water partition coefficient (Wildman–Crippen LogP) is 7.03. The highest BCUT2D eigenvalue weighted by molar-refractivity contribution is 6.98. The van der Waals surface area contributed by atoms with Crippen molar-refractivity contribution >= 4 is 36.5 Å². The van der Waals surface area contributed by atoms with E-state index in [4.69, 9.17) is 9.47 Å². The van der Waals surface area contributed by atoms with Gasteiger partial charge in [0.05, 0.1) is 7.11 Å². The minimum absolute atomic E-state index is 0.0357. The third-order valence-corrected chi connectivity index (χ3v) is 14.5. The van der Waals surface area contributed by atoms with E-state index >= 15 is 0 Å². The molecular formula is C46H60N2O6Si. The maximum Gasteiger partial charge on any atom is 0.373 e. The Morgan fingerprint density at radius 1 is 1.02 bits per heavy atom. The molecule has 0 saturated carbocycles. The number of cyclic esters (lactones) is 1. The molecule has 0 aromatic heterocycles. The molecular weight excluding hydrogens is 705 g/mol. The van der Waals surface area contributed by atoms with Crippen LogP contribution in [0.2, 0.25) is 5.04 Å². The van der Waals surface area contributed by atoms with Gasteiger partial charge in [-0.3, -0.25) is 9.59 Å². The number of methoxy groups -OCH3 is 1. The van der Waals surface area contributed by atoms with Crippen molar-refractivity contribution in [2.75, 3.05) is 7.11 Å². The highest BCUT2D eigenvalue weighted by Crippen LogP contribution is 2.43. The lowest BCUT2D eigenvalue weighted by atomic mass is 9.86. The van der Waals surface area contributed by atoms with E-state index in [1.807, 2.05) is 120 Å². The molecule has 2 aromatic carbocycles. The fraction of sp³-hybridized carbons (Fsp3) is 0.413. The van der Waals surface area contributed by atoms with Crippen LogP contribution in [-0.2, 0) is 23.9 Å². The number of rotatable bonds is 16. The maximum atomic E-state index is 13.4. The molecule has 2 amide bonds. The minimum atomic E-state index is -3.18. The van der Waals surface area contributed by atoms with Gasteiger partial charge in [-0.15, -0.1) is 0 Å². The van der Waals surface area contributed by atoms with Crippen molar-refractivity contribution in [2.45, 2.75) is 98.3 Å². The highest BCUT2D eigenvalue weighted by Gasteiger charge is 2.50. The molecule has 4 atom stereocenters. The maximum absolute atomic E-state index is 13.4. The Balaban J connectivity index is 1.64. The average molecular weight is 765 g/mol. The Kier molecular flexibility index (Phi) is 16.7. The normalized spacial score (nSPS) is 17.2. The van der Waals surface area contributed by atoms with Crippen molar-refractivity contribution in [2.24, 2.45) is 17.3 Å². The van der Waals surface area contributed by atoms with Crippen LogP contribution in [0.25, 0.3) is 0 Å². The molecule has 0 radical (unpaired) electrons. The second kappa shape index (κ2) is 20.7. The van der Waals surface area contributed by atoms with Gasteiger partial charge in [0.1, 0.15) is 12.1 Å². The number of carbonyl (C=O) groups excluding carboxylic acids is 3. The van der Waals surface area contributed by atoms with Gasteiger partial charge in [0.2, 0.25) is 5.91 Å². The lowest BCUT2D eigenvalue weighted by Gasteiger charge is -2.43. The molecule has 0 saturated heterocycles. The third kappa shape index (κ3) is 12.8. The number of esters is 1. The fourth-order valence-corrected chi connectivity index (χ4v) is 10.8. The van der Waals surface area contributed by atoms with Gasteiger partial charge >= 0.3 is 5.97 Å². The smallest absolute Gasteiger partial charge is 0.373 e. The van der Waals surface area contributed by atoms with E-state index in [-0.39, 0.29) is 29.6 Å². The molecule has 3 rings (SSSR count). The molecule has 1 heterocycles. The summed E-state index contributed by atoms with van der Waals surface area (Å²) in [4.78, 5) is 50.9. The van der Waals surface area contributed by atoms with Crippen molar-refractivity contribution in [1.82, 2.24) is 10.6 Å². The van der Waals surface area contributed by atoms with Crippen LogP contribution in [0, 0.1) is 29.1 Å². The van der Waals surface area contributed by atoms with Crippen LogP contribution in [-0.4, -0.2) is 50.2 Å². The van der Waals surface area contributed by atoms with Crippen molar-refractivity contribution in [3.05, 3.63) is 121 Å². The number of benzene rings is 2. The molecule has 1 aliphatic rings. The van der Waals surface area contributed by atoms with Crippen LogP contribution in [0.5, 0.6) is 0 Å². The molecule has 9 heteroatoms. The summed E-state index contributed by atoms with van der Waals surface area (Å²) in [6.07, 6.45) is 17.5. The van der Waals surface area contributed by atoms with Crippen LogP contribution in [0.15, 0.2) is 121 Å². The van der Waals surface area contributed by atoms with Gasteiger partial charge in [-0.05, 0) is 84.1 Å². The predicted molar refractivity (Wildman–Crippen MR) is 224 cm³/mol. The van der Waals surface area contributed by atoms with Crippen LogP contribution in [0.1, 0.15) is 81.1 Å². The van der Waals surface area contributed by atoms with Crippen LogP contribution < -0.4 is 21.0 Å². The minimum Gasteiger partial charge on any atom is -0.490 e. The van der Waals surface area contributed by atoms with Crippen molar-refractivity contribution in [3.8, 4) is 11.8 Å². The summed E-state index contributed by atoms with van der Waals surface area (Å²) in [5.41, 5.74) is 0.324. The number of allylic oxidation sites excluding steroid dienone is 6. The lowest BCUT2D eigenvalue weighted by molar-refractivity contribution is -0.151. The summed E-state index contributed by atoms with van der Waals surface area (Å²) in [6.45, 7) is 15.9. The molecule has 294 valence electrons. The first kappa shape index (κ1) is 44.5. The topological polar surface area (TPSA) is 114 Å². The van der Waals surface area contributed by atoms with Gasteiger partial charge in [0, 0.05) is 12.3 Å². The highest BCUT2D eigenvalue weighted by atomic mass is 28.4. The van der Waals surface area contributed by atoms with Gasteiger partial charge in [0.25, 0.3) is 14.2 Å². The number of hydrogen-bond donors (Lipinski definition) is 3. The van der Waals surface area contributed by atoms with E-state index < -0.39 is 36.7 Å². The third-order valence-electron chi connectivity index (χ3n) is 10.0. The van der Waals surface area contributed by atoms with Gasteiger partial charge in [-0.25, -0.2) is 4.79 Å². The second-order valence-electron chi connectivity index (χ2n) is 15.9. The summed E-state index contributed by atoms with van der Waals surface area (Å²) in [5.74, 6) is 4.35.